The van der Waals surface area contributed by atoms with Crippen molar-refractivity contribution in [2.45, 2.75) is 13.0 Å². The zero-order valence-electron chi connectivity index (χ0n) is 11.5. The molecule has 0 N–H and O–H groups in total. The lowest BCUT2D eigenvalue weighted by Crippen LogP contribution is -2.08. The maximum Gasteiger partial charge on any atom is 0.181 e. The van der Waals surface area contributed by atoms with E-state index in [1.54, 1.807) is 13.4 Å². The van der Waals surface area contributed by atoms with Crippen molar-refractivity contribution in [1.82, 2.24) is 14.8 Å². The fraction of sp³-hybridized carbons (Fsp3) is 0.429. The maximum absolute atomic E-state index is 5.50. The van der Waals surface area contributed by atoms with Crippen molar-refractivity contribution in [3.63, 3.8) is 0 Å². The average Bonchev–Trinajstić information content (AvgIpc) is 2.92. The van der Waals surface area contributed by atoms with Crippen molar-refractivity contribution in [1.29, 1.82) is 0 Å². The molecule has 1 heterocycles. The van der Waals surface area contributed by atoms with Gasteiger partial charge >= 0.3 is 0 Å². The van der Waals surface area contributed by atoms with Crippen molar-refractivity contribution in [2.24, 2.45) is 0 Å². The molecule has 0 saturated carbocycles. The molecule has 2 aromatic rings. The fourth-order valence-electron chi connectivity index (χ4n) is 1.70. The van der Waals surface area contributed by atoms with Crippen molar-refractivity contribution in [3.05, 3.63) is 34.2 Å². The molecule has 1 aromatic heterocycles. The molecular formula is C14H18IN3O2. The first kappa shape index (κ1) is 15.4. The molecule has 108 valence electrons. The number of hydrogen-bond donors (Lipinski definition) is 0. The standard InChI is InChI=1S/C14H18IN3O2/c1-19-8-2-9-20-10-7-18-11-16-14(17-18)12-3-5-13(15)6-4-12/h3-6,11H,2,7-10H2,1H3. The number of benzene rings is 1. The molecular weight excluding hydrogens is 369 g/mol. The van der Waals surface area contributed by atoms with Crippen LogP contribution in [0.1, 0.15) is 6.42 Å². The monoisotopic (exact) mass is 387 g/mol. The zero-order chi connectivity index (χ0) is 14.2. The van der Waals surface area contributed by atoms with Gasteiger partial charge < -0.3 is 9.47 Å². The lowest BCUT2D eigenvalue weighted by Gasteiger charge is -2.03. The molecule has 0 unspecified atom stereocenters. The smallest absolute Gasteiger partial charge is 0.181 e. The van der Waals surface area contributed by atoms with Crippen LogP contribution in [0.25, 0.3) is 11.4 Å². The summed E-state index contributed by atoms with van der Waals surface area (Å²) in [6, 6.07) is 8.16. The molecule has 0 radical (unpaired) electrons. The van der Waals surface area contributed by atoms with Gasteiger partial charge in [0, 0.05) is 29.5 Å². The lowest BCUT2D eigenvalue weighted by atomic mass is 10.2. The van der Waals surface area contributed by atoms with Crippen molar-refractivity contribution < 1.29 is 9.47 Å². The Morgan fingerprint density at radius 1 is 1.15 bits per heavy atom. The third kappa shape index (κ3) is 4.84. The lowest BCUT2D eigenvalue weighted by molar-refractivity contribution is 0.0961. The second-order valence-corrected chi connectivity index (χ2v) is 5.54. The SMILES string of the molecule is COCCCOCCn1cnc(-c2ccc(I)cc2)n1. The number of rotatable bonds is 8. The number of methoxy groups -OCH3 is 1. The highest BCUT2D eigenvalue weighted by molar-refractivity contribution is 14.1. The van der Waals surface area contributed by atoms with Crippen LogP contribution in [-0.4, -0.2) is 41.7 Å². The van der Waals surface area contributed by atoms with Gasteiger partial charge in [-0.2, -0.15) is 5.10 Å². The second kappa shape index (κ2) is 8.33. The van der Waals surface area contributed by atoms with Gasteiger partial charge in [-0.1, -0.05) is 12.1 Å². The normalized spacial score (nSPS) is 10.9. The Hall–Kier alpha value is -0.990. The van der Waals surface area contributed by atoms with Gasteiger partial charge in [0.25, 0.3) is 0 Å². The molecule has 0 fully saturated rings. The van der Waals surface area contributed by atoms with Crippen LogP contribution in [0.15, 0.2) is 30.6 Å². The Morgan fingerprint density at radius 3 is 2.70 bits per heavy atom. The number of halogens is 1. The highest BCUT2D eigenvalue weighted by Gasteiger charge is 2.03. The molecule has 2 rings (SSSR count). The molecule has 0 aliphatic heterocycles. The summed E-state index contributed by atoms with van der Waals surface area (Å²) in [7, 11) is 1.70. The summed E-state index contributed by atoms with van der Waals surface area (Å²) in [4.78, 5) is 4.32. The molecule has 1 aromatic carbocycles. The minimum absolute atomic E-state index is 0.638. The van der Waals surface area contributed by atoms with E-state index in [0.717, 1.165) is 24.4 Å². The van der Waals surface area contributed by atoms with Crippen LogP contribution in [0.5, 0.6) is 0 Å². The van der Waals surface area contributed by atoms with Crippen LogP contribution in [0.2, 0.25) is 0 Å². The van der Waals surface area contributed by atoms with Gasteiger partial charge in [-0.05, 0) is 41.1 Å². The van der Waals surface area contributed by atoms with Gasteiger partial charge in [-0.25, -0.2) is 4.98 Å². The third-order valence-corrected chi connectivity index (χ3v) is 3.46. The number of aromatic nitrogens is 3. The van der Waals surface area contributed by atoms with E-state index in [1.807, 2.05) is 16.8 Å². The van der Waals surface area contributed by atoms with Crippen LogP contribution >= 0.6 is 22.6 Å². The minimum atomic E-state index is 0.638. The molecule has 0 aliphatic rings. The summed E-state index contributed by atoms with van der Waals surface area (Å²) >= 11 is 2.28. The van der Waals surface area contributed by atoms with Crippen molar-refractivity contribution >= 4 is 22.6 Å². The summed E-state index contributed by atoms with van der Waals surface area (Å²) in [6.45, 7) is 2.80. The van der Waals surface area contributed by atoms with Crippen LogP contribution in [0.3, 0.4) is 0 Å². The van der Waals surface area contributed by atoms with Crippen LogP contribution < -0.4 is 0 Å². The summed E-state index contributed by atoms with van der Waals surface area (Å²) < 4.78 is 13.5. The van der Waals surface area contributed by atoms with E-state index in [4.69, 9.17) is 9.47 Å². The van der Waals surface area contributed by atoms with E-state index in [9.17, 15) is 0 Å². The molecule has 5 nitrogen and oxygen atoms in total. The summed E-state index contributed by atoms with van der Waals surface area (Å²) in [6.07, 6.45) is 2.66. The van der Waals surface area contributed by atoms with Crippen LogP contribution in [0.4, 0.5) is 0 Å². The summed E-state index contributed by atoms with van der Waals surface area (Å²) in [5.74, 6) is 0.751. The van der Waals surface area contributed by atoms with E-state index in [2.05, 4.69) is 44.8 Å². The van der Waals surface area contributed by atoms with Gasteiger partial charge in [-0.15, -0.1) is 0 Å². The number of hydrogen-bond acceptors (Lipinski definition) is 4. The minimum Gasteiger partial charge on any atom is -0.385 e. The van der Waals surface area contributed by atoms with Crippen molar-refractivity contribution in [2.75, 3.05) is 26.9 Å². The fourth-order valence-corrected chi connectivity index (χ4v) is 2.06. The molecule has 0 aliphatic carbocycles. The van der Waals surface area contributed by atoms with E-state index < -0.39 is 0 Å². The third-order valence-electron chi connectivity index (χ3n) is 2.74. The van der Waals surface area contributed by atoms with Crippen molar-refractivity contribution in [3.8, 4) is 11.4 Å². The highest BCUT2D eigenvalue weighted by Crippen LogP contribution is 2.15. The van der Waals surface area contributed by atoms with Gasteiger partial charge in [0.15, 0.2) is 5.82 Å². The predicted molar refractivity (Wildman–Crippen MR) is 85.5 cm³/mol. The quantitative estimate of drug-likeness (QED) is 0.516. The molecule has 6 heteroatoms. The summed E-state index contributed by atoms with van der Waals surface area (Å²) in [5, 5.41) is 4.44. The zero-order valence-corrected chi connectivity index (χ0v) is 13.6. The first-order valence-electron chi connectivity index (χ1n) is 6.51. The Morgan fingerprint density at radius 2 is 1.95 bits per heavy atom. The van der Waals surface area contributed by atoms with Crippen LogP contribution in [-0.2, 0) is 16.0 Å². The van der Waals surface area contributed by atoms with Gasteiger partial charge in [-0.3, -0.25) is 4.68 Å². The van der Waals surface area contributed by atoms with Gasteiger partial charge in [0.2, 0.25) is 0 Å². The number of ether oxygens (including phenoxy) is 2. The molecule has 0 atom stereocenters. The Bertz CT molecular complexity index is 513. The first-order valence-corrected chi connectivity index (χ1v) is 7.59. The maximum atomic E-state index is 5.50. The van der Waals surface area contributed by atoms with Gasteiger partial charge in [0.05, 0.1) is 13.2 Å². The van der Waals surface area contributed by atoms with Gasteiger partial charge in [0.1, 0.15) is 6.33 Å². The molecule has 0 spiro atoms. The van der Waals surface area contributed by atoms with E-state index >= 15 is 0 Å². The first-order chi connectivity index (χ1) is 9.79. The number of nitrogens with zero attached hydrogens (tertiary/aromatic N) is 3. The van der Waals surface area contributed by atoms with E-state index in [0.29, 0.717) is 19.8 Å². The Kier molecular flexibility index (Phi) is 6.41. The molecule has 0 bridgehead atoms. The Balaban J connectivity index is 1.79. The second-order valence-electron chi connectivity index (χ2n) is 4.30. The van der Waals surface area contributed by atoms with E-state index in [1.165, 1.54) is 3.57 Å². The topological polar surface area (TPSA) is 49.2 Å². The molecule has 0 saturated heterocycles. The molecule has 0 amide bonds. The predicted octanol–water partition coefficient (Wildman–Crippen LogP) is 2.60. The van der Waals surface area contributed by atoms with Crippen LogP contribution in [0, 0.1) is 3.57 Å². The summed E-state index contributed by atoms with van der Waals surface area (Å²) in [5.41, 5.74) is 1.03. The largest absolute Gasteiger partial charge is 0.385 e. The Labute approximate surface area is 132 Å². The highest BCUT2D eigenvalue weighted by atomic mass is 127. The average molecular weight is 387 g/mol. The van der Waals surface area contributed by atoms with E-state index in [-0.39, 0.29) is 0 Å². The molecule has 20 heavy (non-hydrogen) atoms.